The van der Waals surface area contributed by atoms with Gasteiger partial charge in [-0.25, -0.2) is 4.79 Å². The number of carbonyl (C=O) groups is 1. The number of benzene rings is 1. The van der Waals surface area contributed by atoms with Crippen LogP contribution in [0.3, 0.4) is 0 Å². The number of hydrogen-bond donors (Lipinski definition) is 1. The number of nitrogens with two attached hydrogens (primary N) is 1. The van der Waals surface area contributed by atoms with Crippen LogP contribution in [0.2, 0.25) is 0 Å². The van der Waals surface area contributed by atoms with Crippen LogP contribution in [0, 0.1) is 11.3 Å². The number of hydrogen-bond acceptors (Lipinski definition) is 3. The topological polar surface area (TPSA) is 52.3 Å². The maximum absolute atomic E-state index is 12.2. The van der Waals surface area contributed by atoms with Crippen molar-refractivity contribution in [3.05, 3.63) is 35.4 Å². The largest absolute Gasteiger partial charge is 0.459 e. The monoisotopic (exact) mass is 275 g/mol. The van der Waals surface area contributed by atoms with Crippen molar-refractivity contribution in [1.82, 2.24) is 0 Å². The fraction of sp³-hybridized carbons (Fsp3) is 0.588. The molecule has 0 aliphatic heterocycles. The summed E-state index contributed by atoms with van der Waals surface area (Å²) in [5, 5.41) is 0. The van der Waals surface area contributed by atoms with Gasteiger partial charge in [0.15, 0.2) is 0 Å². The van der Waals surface area contributed by atoms with Gasteiger partial charge in [-0.15, -0.1) is 0 Å². The van der Waals surface area contributed by atoms with E-state index < -0.39 is 0 Å². The Morgan fingerprint density at radius 2 is 2.15 bits per heavy atom. The summed E-state index contributed by atoms with van der Waals surface area (Å²) in [6.07, 6.45) is 3.14. The highest BCUT2D eigenvalue weighted by Gasteiger charge is 2.34. The van der Waals surface area contributed by atoms with Crippen molar-refractivity contribution >= 4 is 5.97 Å². The average Bonchev–Trinajstić information content (AvgIpc) is 2.36. The van der Waals surface area contributed by atoms with Crippen molar-refractivity contribution in [1.29, 1.82) is 0 Å². The first-order chi connectivity index (χ1) is 9.39. The maximum atomic E-state index is 12.2. The first kappa shape index (κ1) is 15.0. The molecule has 0 spiro atoms. The fourth-order valence-corrected chi connectivity index (χ4v) is 3.39. The molecule has 1 aliphatic carbocycles. The number of carbonyl (C=O) groups excluding carboxylic acids is 1. The Morgan fingerprint density at radius 1 is 1.40 bits per heavy atom. The van der Waals surface area contributed by atoms with Crippen molar-refractivity contribution in [3.8, 4) is 0 Å². The van der Waals surface area contributed by atoms with Crippen LogP contribution in [0.1, 0.15) is 56.0 Å². The van der Waals surface area contributed by atoms with Gasteiger partial charge in [0.05, 0.1) is 5.56 Å². The zero-order chi connectivity index (χ0) is 14.8. The first-order valence-electron chi connectivity index (χ1n) is 7.39. The predicted octanol–water partition coefficient (Wildman–Crippen LogP) is 3.52. The Hall–Kier alpha value is -1.35. The van der Waals surface area contributed by atoms with Crippen molar-refractivity contribution in [2.24, 2.45) is 17.1 Å². The lowest BCUT2D eigenvalue weighted by Crippen LogP contribution is -2.34. The van der Waals surface area contributed by atoms with E-state index in [1.165, 1.54) is 6.42 Å². The second-order valence-electron chi connectivity index (χ2n) is 6.85. The van der Waals surface area contributed by atoms with Gasteiger partial charge in [0.2, 0.25) is 0 Å². The molecule has 0 heterocycles. The molecular formula is C17H25NO2. The van der Waals surface area contributed by atoms with E-state index in [1.54, 1.807) is 6.07 Å². The van der Waals surface area contributed by atoms with Crippen LogP contribution < -0.4 is 5.73 Å². The van der Waals surface area contributed by atoms with E-state index in [0.717, 1.165) is 18.4 Å². The second kappa shape index (κ2) is 5.96. The lowest BCUT2D eigenvalue weighted by atomic mass is 9.71. The van der Waals surface area contributed by atoms with Gasteiger partial charge in [0.25, 0.3) is 0 Å². The Kier molecular flexibility index (Phi) is 4.48. The Bertz CT molecular complexity index is 482. The molecule has 0 saturated heterocycles. The molecule has 0 radical (unpaired) electrons. The van der Waals surface area contributed by atoms with Crippen LogP contribution in [0.15, 0.2) is 24.3 Å². The van der Waals surface area contributed by atoms with Crippen LogP contribution in [0.4, 0.5) is 0 Å². The molecule has 110 valence electrons. The van der Waals surface area contributed by atoms with Gasteiger partial charge in [0, 0.05) is 6.54 Å². The summed E-state index contributed by atoms with van der Waals surface area (Å²) in [6, 6.07) is 7.38. The maximum Gasteiger partial charge on any atom is 0.338 e. The molecule has 0 bridgehead atoms. The molecule has 0 aromatic heterocycles. The van der Waals surface area contributed by atoms with Crippen molar-refractivity contribution < 1.29 is 9.53 Å². The van der Waals surface area contributed by atoms with Gasteiger partial charge < -0.3 is 10.5 Å². The Morgan fingerprint density at radius 3 is 2.80 bits per heavy atom. The highest BCUT2D eigenvalue weighted by Crippen LogP contribution is 2.39. The predicted molar refractivity (Wildman–Crippen MR) is 80.3 cm³/mol. The van der Waals surface area contributed by atoms with E-state index in [2.05, 4.69) is 20.8 Å². The molecule has 2 unspecified atom stereocenters. The lowest BCUT2D eigenvalue weighted by Gasteiger charge is -2.38. The SMILES string of the molecule is CC1CC(OC(=O)c2cccc(CN)c2)CC(C)(C)C1. The van der Waals surface area contributed by atoms with Gasteiger partial charge in [-0.2, -0.15) is 0 Å². The molecule has 1 aromatic carbocycles. The van der Waals surface area contributed by atoms with E-state index in [9.17, 15) is 4.79 Å². The normalized spacial score (nSPS) is 25.2. The summed E-state index contributed by atoms with van der Waals surface area (Å²) >= 11 is 0. The molecule has 2 rings (SSSR count). The lowest BCUT2D eigenvalue weighted by molar-refractivity contribution is -0.00715. The van der Waals surface area contributed by atoms with Gasteiger partial charge in [0.1, 0.15) is 6.10 Å². The Labute approximate surface area is 121 Å². The summed E-state index contributed by atoms with van der Waals surface area (Å²) in [6.45, 7) is 7.17. The summed E-state index contributed by atoms with van der Waals surface area (Å²) < 4.78 is 5.70. The Balaban J connectivity index is 2.03. The highest BCUT2D eigenvalue weighted by atomic mass is 16.5. The average molecular weight is 275 g/mol. The van der Waals surface area contributed by atoms with E-state index in [1.807, 2.05) is 18.2 Å². The minimum atomic E-state index is -0.227. The third-order valence-corrected chi connectivity index (χ3v) is 4.02. The smallest absolute Gasteiger partial charge is 0.338 e. The second-order valence-corrected chi connectivity index (χ2v) is 6.85. The molecule has 3 heteroatoms. The van der Waals surface area contributed by atoms with Crippen LogP contribution in [0.25, 0.3) is 0 Å². The molecule has 2 atom stereocenters. The zero-order valence-corrected chi connectivity index (χ0v) is 12.7. The number of rotatable bonds is 3. The molecule has 1 saturated carbocycles. The van der Waals surface area contributed by atoms with Crippen molar-refractivity contribution in [2.45, 2.75) is 52.7 Å². The number of ether oxygens (including phenoxy) is 1. The first-order valence-corrected chi connectivity index (χ1v) is 7.39. The quantitative estimate of drug-likeness (QED) is 0.859. The van der Waals surface area contributed by atoms with Gasteiger partial charge in [-0.3, -0.25) is 0 Å². The highest BCUT2D eigenvalue weighted by molar-refractivity contribution is 5.89. The summed E-state index contributed by atoms with van der Waals surface area (Å²) in [5.74, 6) is 0.377. The summed E-state index contributed by atoms with van der Waals surface area (Å²) in [4.78, 5) is 12.2. The third-order valence-electron chi connectivity index (χ3n) is 4.02. The van der Waals surface area contributed by atoms with E-state index in [0.29, 0.717) is 18.0 Å². The number of esters is 1. The van der Waals surface area contributed by atoms with E-state index in [4.69, 9.17) is 10.5 Å². The van der Waals surface area contributed by atoms with Gasteiger partial charge in [-0.1, -0.05) is 32.9 Å². The van der Waals surface area contributed by atoms with E-state index in [-0.39, 0.29) is 17.5 Å². The summed E-state index contributed by atoms with van der Waals surface area (Å²) in [7, 11) is 0. The fourth-order valence-electron chi connectivity index (χ4n) is 3.39. The third kappa shape index (κ3) is 3.83. The minimum Gasteiger partial charge on any atom is -0.459 e. The molecular weight excluding hydrogens is 250 g/mol. The van der Waals surface area contributed by atoms with Crippen LogP contribution in [0.5, 0.6) is 0 Å². The minimum absolute atomic E-state index is 0.0304. The van der Waals surface area contributed by atoms with Crippen molar-refractivity contribution in [3.63, 3.8) is 0 Å². The molecule has 20 heavy (non-hydrogen) atoms. The molecule has 1 fully saturated rings. The summed E-state index contributed by atoms with van der Waals surface area (Å²) in [5.41, 5.74) is 7.41. The molecule has 0 amide bonds. The van der Waals surface area contributed by atoms with Crippen molar-refractivity contribution in [2.75, 3.05) is 0 Å². The zero-order valence-electron chi connectivity index (χ0n) is 12.7. The standard InChI is InChI=1S/C17H25NO2/c1-12-7-15(10-17(2,3)9-12)20-16(19)14-6-4-5-13(8-14)11-18/h4-6,8,12,15H,7,9-11,18H2,1-3H3. The molecule has 1 aliphatic rings. The van der Waals surface area contributed by atoms with Gasteiger partial charge in [-0.05, 0) is 48.3 Å². The molecule has 1 aromatic rings. The molecule has 2 N–H and O–H groups in total. The van der Waals surface area contributed by atoms with E-state index >= 15 is 0 Å². The molecule has 3 nitrogen and oxygen atoms in total. The van der Waals surface area contributed by atoms with Crippen LogP contribution in [-0.2, 0) is 11.3 Å². The van der Waals surface area contributed by atoms with Crippen LogP contribution >= 0.6 is 0 Å². The van der Waals surface area contributed by atoms with Crippen LogP contribution in [-0.4, -0.2) is 12.1 Å². The van der Waals surface area contributed by atoms with Gasteiger partial charge >= 0.3 is 5.97 Å².